The van der Waals surface area contributed by atoms with E-state index in [2.05, 4.69) is 15.0 Å². The number of rotatable bonds is 0. The zero-order chi connectivity index (χ0) is 10.6. The Balaban J connectivity index is 2.55. The average Bonchev–Trinajstić information content (AvgIpc) is 2.65. The predicted molar refractivity (Wildman–Crippen MR) is 49.3 cm³/mol. The van der Waals surface area contributed by atoms with Gasteiger partial charge in [-0.3, -0.25) is 0 Å². The van der Waals surface area contributed by atoms with Crippen molar-refractivity contribution >= 4 is 16.9 Å². The van der Waals surface area contributed by atoms with Gasteiger partial charge in [-0.15, -0.1) is 0 Å². The molecule has 0 saturated carbocycles. The van der Waals surface area contributed by atoms with Crippen molar-refractivity contribution in [2.75, 3.05) is 0 Å². The van der Waals surface area contributed by atoms with E-state index in [0.29, 0.717) is 21.6 Å². The predicted octanol–water partition coefficient (Wildman–Crippen LogP) is -0.0481. The molecule has 3 N–H and O–H groups in total. The minimum Gasteiger partial charge on any atom is -0.503 e. The van der Waals surface area contributed by atoms with E-state index < -0.39 is 6.03 Å². The lowest BCUT2D eigenvalue weighted by molar-refractivity contribution is 0.256. The topological polar surface area (TPSA) is 98.0 Å². The molecule has 2 aromatic rings. The molecule has 0 bridgehead atoms. The Morgan fingerprint density at radius 1 is 1.13 bits per heavy atom. The number of benzene rings is 1. The van der Waals surface area contributed by atoms with Crippen molar-refractivity contribution in [2.24, 2.45) is 9.98 Å². The second-order valence-corrected chi connectivity index (χ2v) is 3.21. The van der Waals surface area contributed by atoms with Crippen LogP contribution < -0.4 is 10.7 Å². The first-order chi connectivity index (χ1) is 7.15. The number of hydrogen-bond acceptors (Lipinski definition) is 3. The highest BCUT2D eigenvalue weighted by Crippen LogP contribution is 2.31. The zero-order valence-electron chi connectivity index (χ0n) is 7.35. The highest BCUT2D eigenvalue weighted by Gasteiger charge is 2.12. The highest BCUT2D eigenvalue weighted by atomic mass is 16.3. The number of nitrogens with zero attached hydrogens (tertiary/aromatic N) is 2. The molecule has 1 aliphatic rings. The quantitative estimate of drug-likeness (QED) is 0.559. The van der Waals surface area contributed by atoms with E-state index in [9.17, 15) is 15.0 Å². The van der Waals surface area contributed by atoms with Gasteiger partial charge in [0.05, 0.1) is 16.2 Å². The monoisotopic (exact) mass is 203 g/mol. The van der Waals surface area contributed by atoms with Crippen LogP contribution in [0.25, 0.3) is 10.9 Å². The third-order valence-electron chi connectivity index (χ3n) is 2.28. The maximum Gasteiger partial charge on any atom is 0.368 e. The number of aromatic hydroxyl groups is 2. The van der Waals surface area contributed by atoms with Crippen LogP contribution in [0.3, 0.4) is 0 Å². The summed E-state index contributed by atoms with van der Waals surface area (Å²) in [5, 5.41) is 20.0. The van der Waals surface area contributed by atoms with Crippen molar-refractivity contribution in [2.45, 2.75) is 0 Å². The molecule has 15 heavy (non-hydrogen) atoms. The Hall–Kier alpha value is -2.37. The van der Waals surface area contributed by atoms with Crippen LogP contribution in [0, 0.1) is 0 Å². The fourth-order valence-corrected chi connectivity index (χ4v) is 1.60. The maximum atomic E-state index is 10.9. The molecule has 6 nitrogen and oxygen atoms in total. The van der Waals surface area contributed by atoms with E-state index in [1.165, 1.54) is 6.07 Å². The summed E-state index contributed by atoms with van der Waals surface area (Å²) in [5.41, 5.74) is 0.511. The summed E-state index contributed by atoms with van der Waals surface area (Å²) in [7, 11) is 0. The molecule has 0 spiro atoms. The molecule has 1 aromatic heterocycles. The molecule has 2 amide bonds. The van der Waals surface area contributed by atoms with E-state index in [-0.39, 0.29) is 11.6 Å². The summed E-state index contributed by atoms with van der Waals surface area (Å²) in [6.45, 7) is 0. The van der Waals surface area contributed by atoms with Crippen molar-refractivity contribution in [3.8, 4) is 11.6 Å². The first-order valence-corrected chi connectivity index (χ1v) is 4.20. The van der Waals surface area contributed by atoms with Gasteiger partial charge in [0.2, 0.25) is 5.88 Å². The van der Waals surface area contributed by atoms with Gasteiger partial charge in [-0.25, -0.2) is 4.79 Å². The molecule has 74 valence electrons. The Labute approximate surface area is 82.2 Å². The molecule has 0 saturated heterocycles. The molecule has 0 fully saturated rings. The fourth-order valence-electron chi connectivity index (χ4n) is 1.60. The van der Waals surface area contributed by atoms with Gasteiger partial charge < -0.3 is 15.2 Å². The van der Waals surface area contributed by atoms with Crippen LogP contribution in [0.1, 0.15) is 0 Å². The zero-order valence-corrected chi connectivity index (χ0v) is 7.35. The second-order valence-electron chi connectivity index (χ2n) is 3.21. The molecule has 1 aromatic carbocycles. The summed E-state index contributed by atoms with van der Waals surface area (Å²) in [6.07, 6.45) is 0. The lowest BCUT2D eigenvalue weighted by Gasteiger charge is -1.87. The molecule has 1 aliphatic heterocycles. The van der Waals surface area contributed by atoms with Gasteiger partial charge in [0.1, 0.15) is 0 Å². The molecule has 0 unspecified atom stereocenters. The van der Waals surface area contributed by atoms with Gasteiger partial charge in [0, 0.05) is 5.39 Å². The largest absolute Gasteiger partial charge is 0.503 e. The first kappa shape index (κ1) is 7.98. The van der Waals surface area contributed by atoms with Crippen molar-refractivity contribution in [1.82, 2.24) is 4.98 Å². The Kier molecular flexibility index (Phi) is 1.25. The van der Waals surface area contributed by atoms with Crippen LogP contribution >= 0.6 is 0 Å². The van der Waals surface area contributed by atoms with Gasteiger partial charge >= 0.3 is 6.03 Å². The van der Waals surface area contributed by atoms with Crippen LogP contribution in [-0.2, 0) is 0 Å². The van der Waals surface area contributed by atoms with Crippen LogP contribution in [0.15, 0.2) is 22.1 Å². The average molecular weight is 203 g/mol. The van der Waals surface area contributed by atoms with E-state index in [1.807, 2.05) is 0 Å². The van der Waals surface area contributed by atoms with Gasteiger partial charge in [-0.2, -0.15) is 9.98 Å². The van der Waals surface area contributed by atoms with Crippen molar-refractivity contribution < 1.29 is 15.0 Å². The molecule has 3 rings (SSSR count). The second kappa shape index (κ2) is 2.35. The summed E-state index contributed by atoms with van der Waals surface area (Å²) >= 11 is 0. The van der Waals surface area contributed by atoms with Crippen LogP contribution in [0.5, 0.6) is 11.6 Å². The minimum atomic E-state index is -0.554. The van der Waals surface area contributed by atoms with E-state index in [0.717, 1.165) is 0 Å². The van der Waals surface area contributed by atoms with Gasteiger partial charge in [0.15, 0.2) is 5.75 Å². The van der Waals surface area contributed by atoms with Gasteiger partial charge in [-0.1, -0.05) is 0 Å². The normalized spacial score (nSPS) is 13.7. The Morgan fingerprint density at radius 2 is 1.80 bits per heavy atom. The smallest absolute Gasteiger partial charge is 0.368 e. The van der Waals surface area contributed by atoms with Crippen LogP contribution in [-0.4, -0.2) is 21.2 Å². The molecule has 0 radical (unpaired) electrons. The Bertz CT molecular complexity index is 714. The van der Waals surface area contributed by atoms with Crippen molar-refractivity contribution in [1.29, 1.82) is 0 Å². The molecule has 6 heteroatoms. The number of amides is 2. The number of carbonyl (C=O) groups is 1. The number of H-pyrrole nitrogens is 1. The number of aromatic nitrogens is 1. The number of urea groups is 1. The van der Waals surface area contributed by atoms with Crippen LogP contribution in [0.2, 0.25) is 0 Å². The number of nitrogens with one attached hydrogen (secondary N) is 1. The number of fused-ring (bicyclic) bond motifs is 2. The number of hydrogen-bond donors (Lipinski definition) is 3. The van der Waals surface area contributed by atoms with E-state index in [4.69, 9.17) is 0 Å². The Morgan fingerprint density at radius 3 is 2.53 bits per heavy atom. The molecule has 0 aliphatic carbocycles. The third kappa shape index (κ3) is 0.954. The fraction of sp³-hybridized carbons (Fsp3) is 0. The van der Waals surface area contributed by atoms with Crippen molar-refractivity contribution in [3.63, 3.8) is 0 Å². The molecular weight excluding hydrogens is 198 g/mol. The van der Waals surface area contributed by atoms with E-state index in [1.54, 1.807) is 6.07 Å². The lowest BCUT2D eigenvalue weighted by Crippen LogP contribution is -2.20. The van der Waals surface area contributed by atoms with Crippen molar-refractivity contribution in [3.05, 3.63) is 22.8 Å². The summed E-state index contributed by atoms with van der Waals surface area (Å²) in [5.74, 6) is -0.553. The van der Waals surface area contributed by atoms with E-state index >= 15 is 0 Å². The molecule has 0 atom stereocenters. The summed E-state index contributed by atoms with van der Waals surface area (Å²) in [4.78, 5) is 20.8. The van der Waals surface area contributed by atoms with Gasteiger partial charge in [-0.05, 0) is 12.1 Å². The first-order valence-electron chi connectivity index (χ1n) is 4.20. The highest BCUT2D eigenvalue weighted by molar-refractivity contribution is 5.89. The third-order valence-corrected chi connectivity index (χ3v) is 2.28. The number of aromatic amines is 1. The number of carbonyl (C=O) groups excluding carboxylic acids is 1. The lowest BCUT2D eigenvalue weighted by atomic mass is 10.2. The maximum absolute atomic E-state index is 10.9. The molecular formula is C9H5N3O3. The minimum absolute atomic E-state index is 0.248. The van der Waals surface area contributed by atoms with Crippen LogP contribution in [0.4, 0.5) is 4.79 Å². The molecule has 2 heterocycles. The summed E-state index contributed by atoms with van der Waals surface area (Å²) in [6, 6.07) is 2.50. The summed E-state index contributed by atoms with van der Waals surface area (Å²) < 4.78 is 0. The standard InChI is InChI=1S/C9H5N3O3/c13-7-3-1-5-6(12-9(15)11-5)2-4(3)10-8(7)14/h1-2,10,13-14H. The SMILES string of the molecule is O=C1N=c2cc3[nH]c(O)c(O)c3cc2=N1. The van der Waals surface area contributed by atoms with Gasteiger partial charge in [0.25, 0.3) is 0 Å².